The maximum atomic E-state index is 9.59. The second-order valence-electron chi connectivity index (χ2n) is 4.90. The molecule has 0 fully saturated rings. The molecule has 0 aliphatic heterocycles. The number of nitrogens with one attached hydrogen (secondary N) is 1. The fourth-order valence-electron chi connectivity index (χ4n) is 2.23. The van der Waals surface area contributed by atoms with Gasteiger partial charge in [-0.1, -0.05) is 18.9 Å². The van der Waals surface area contributed by atoms with Crippen molar-refractivity contribution in [1.82, 2.24) is 4.98 Å². The number of pyridine rings is 1. The van der Waals surface area contributed by atoms with Crippen molar-refractivity contribution in [3.63, 3.8) is 0 Å². The van der Waals surface area contributed by atoms with Crippen molar-refractivity contribution in [2.75, 3.05) is 23.9 Å². The average Bonchev–Trinajstić information content (AvgIpc) is 2.46. The van der Waals surface area contributed by atoms with Gasteiger partial charge in [-0.25, -0.2) is 4.98 Å². The van der Waals surface area contributed by atoms with Crippen LogP contribution in [0.2, 0.25) is 0 Å². The van der Waals surface area contributed by atoms with E-state index in [1.807, 2.05) is 23.9 Å². The number of nitrogens with zero attached hydrogens (tertiary/aromatic N) is 1. The Morgan fingerprint density at radius 2 is 2.00 bits per heavy atom. The molecule has 1 aromatic heterocycles. The van der Waals surface area contributed by atoms with Crippen LogP contribution in [-0.4, -0.2) is 28.6 Å². The third kappa shape index (κ3) is 4.30. The molecule has 2 N–H and O–H groups in total. The second-order valence-corrected chi connectivity index (χ2v) is 5.88. The lowest BCUT2D eigenvalue weighted by Crippen LogP contribution is -2.03. The van der Waals surface area contributed by atoms with E-state index in [-0.39, 0.29) is 5.75 Å². The molecule has 0 saturated heterocycles. The molecule has 2 aromatic rings. The van der Waals surface area contributed by atoms with Crippen molar-refractivity contribution < 1.29 is 5.11 Å². The summed E-state index contributed by atoms with van der Waals surface area (Å²) < 4.78 is 0. The van der Waals surface area contributed by atoms with E-state index in [0.29, 0.717) is 0 Å². The van der Waals surface area contributed by atoms with Crippen molar-refractivity contribution in [3.05, 3.63) is 30.5 Å². The Labute approximate surface area is 124 Å². The predicted molar refractivity (Wildman–Crippen MR) is 88.7 cm³/mol. The van der Waals surface area contributed by atoms with Crippen molar-refractivity contribution in [3.8, 4) is 5.75 Å². The summed E-state index contributed by atoms with van der Waals surface area (Å²) >= 11 is 1.92. The first-order valence-corrected chi connectivity index (χ1v) is 8.51. The number of aromatic hydroxyl groups is 1. The number of unbranched alkanes of at least 4 members (excludes halogenated alkanes) is 3. The van der Waals surface area contributed by atoms with E-state index in [2.05, 4.69) is 16.6 Å². The van der Waals surface area contributed by atoms with Gasteiger partial charge in [0.15, 0.2) is 0 Å². The van der Waals surface area contributed by atoms with Gasteiger partial charge in [-0.05, 0) is 48.4 Å². The zero-order valence-electron chi connectivity index (χ0n) is 11.9. The summed E-state index contributed by atoms with van der Waals surface area (Å²) in [6.45, 7) is 0.932. The maximum Gasteiger partial charge on any atom is 0.133 e. The third-order valence-electron chi connectivity index (χ3n) is 3.32. The van der Waals surface area contributed by atoms with Crippen LogP contribution in [-0.2, 0) is 0 Å². The first kappa shape index (κ1) is 15.0. The van der Waals surface area contributed by atoms with E-state index in [9.17, 15) is 5.11 Å². The van der Waals surface area contributed by atoms with Crippen LogP contribution in [0.4, 0.5) is 5.82 Å². The molecular formula is C16H22N2OS. The summed E-state index contributed by atoms with van der Waals surface area (Å²) in [5.41, 5.74) is 0. The van der Waals surface area contributed by atoms with Crippen LogP contribution in [0.3, 0.4) is 0 Å². The molecule has 0 aliphatic carbocycles. The Kier molecular flexibility index (Phi) is 5.99. The van der Waals surface area contributed by atoms with Crippen molar-refractivity contribution in [2.45, 2.75) is 25.7 Å². The van der Waals surface area contributed by atoms with E-state index >= 15 is 0 Å². The quantitative estimate of drug-likeness (QED) is 0.712. The Balaban J connectivity index is 1.85. The van der Waals surface area contributed by atoms with Gasteiger partial charge in [-0.2, -0.15) is 11.8 Å². The normalized spacial score (nSPS) is 10.8. The zero-order valence-corrected chi connectivity index (χ0v) is 12.7. The summed E-state index contributed by atoms with van der Waals surface area (Å²) in [6, 6.07) is 7.35. The van der Waals surface area contributed by atoms with E-state index in [1.165, 1.54) is 25.0 Å². The Morgan fingerprint density at radius 3 is 2.85 bits per heavy atom. The number of rotatable bonds is 8. The van der Waals surface area contributed by atoms with E-state index in [0.717, 1.165) is 29.6 Å². The molecule has 0 aliphatic rings. The summed E-state index contributed by atoms with van der Waals surface area (Å²) in [5.74, 6) is 2.41. The molecule has 0 bridgehead atoms. The van der Waals surface area contributed by atoms with Crippen LogP contribution < -0.4 is 5.32 Å². The van der Waals surface area contributed by atoms with Crippen LogP contribution in [0.25, 0.3) is 10.8 Å². The molecule has 108 valence electrons. The molecule has 2 rings (SSSR count). The lowest BCUT2D eigenvalue weighted by atomic mass is 10.1. The smallest absolute Gasteiger partial charge is 0.133 e. The first-order valence-electron chi connectivity index (χ1n) is 7.12. The fraction of sp³-hybridized carbons (Fsp3) is 0.438. The van der Waals surface area contributed by atoms with Gasteiger partial charge >= 0.3 is 0 Å². The summed E-state index contributed by atoms with van der Waals surface area (Å²) in [7, 11) is 0. The van der Waals surface area contributed by atoms with Gasteiger partial charge in [-0.3, -0.25) is 0 Å². The molecule has 0 unspecified atom stereocenters. The fourth-order valence-corrected chi connectivity index (χ4v) is 2.72. The minimum absolute atomic E-state index is 0.283. The molecule has 4 heteroatoms. The van der Waals surface area contributed by atoms with Gasteiger partial charge in [0.25, 0.3) is 0 Å². The summed E-state index contributed by atoms with van der Waals surface area (Å²) in [5, 5.41) is 15.0. The Bertz CT molecular complexity index is 545. The standard InChI is InChI=1S/C16H22N2OS/c1-20-11-5-3-2-4-9-17-16-15-12-14(19)7-6-13(15)8-10-18-16/h6-8,10,12,19H,2-5,9,11H2,1H3,(H,17,18). The highest BCUT2D eigenvalue weighted by molar-refractivity contribution is 7.98. The van der Waals surface area contributed by atoms with Crippen LogP contribution in [0.15, 0.2) is 30.5 Å². The highest BCUT2D eigenvalue weighted by Gasteiger charge is 2.02. The summed E-state index contributed by atoms with van der Waals surface area (Å²) in [4.78, 5) is 4.37. The van der Waals surface area contributed by atoms with Crippen LogP contribution in [0.1, 0.15) is 25.7 Å². The number of aromatic nitrogens is 1. The molecule has 1 heterocycles. The van der Waals surface area contributed by atoms with E-state index in [1.54, 1.807) is 18.3 Å². The highest BCUT2D eigenvalue weighted by atomic mass is 32.2. The number of phenols is 1. The topological polar surface area (TPSA) is 45.2 Å². The minimum Gasteiger partial charge on any atom is -0.508 e. The Hall–Kier alpha value is -1.42. The average molecular weight is 290 g/mol. The molecule has 0 atom stereocenters. The molecule has 0 amide bonds. The van der Waals surface area contributed by atoms with Gasteiger partial charge < -0.3 is 10.4 Å². The third-order valence-corrected chi connectivity index (χ3v) is 4.01. The largest absolute Gasteiger partial charge is 0.508 e. The zero-order chi connectivity index (χ0) is 14.2. The molecule has 0 radical (unpaired) electrons. The van der Waals surface area contributed by atoms with Crippen LogP contribution >= 0.6 is 11.8 Å². The molecule has 0 saturated carbocycles. The van der Waals surface area contributed by atoms with Gasteiger partial charge in [0.2, 0.25) is 0 Å². The number of thioether (sulfide) groups is 1. The second kappa shape index (κ2) is 8.00. The number of anilines is 1. The number of phenolic OH excluding ortho intramolecular Hbond substituents is 1. The van der Waals surface area contributed by atoms with Gasteiger partial charge in [0.1, 0.15) is 11.6 Å². The van der Waals surface area contributed by atoms with Crippen LogP contribution in [0.5, 0.6) is 5.75 Å². The lowest BCUT2D eigenvalue weighted by Gasteiger charge is -2.09. The SMILES string of the molecule is CSCCCCCCNc1nccc2ccc(O)cc12. The summed E-state index contributed by atoms with van der Waals surface area (Å²) in [6.07, 6.45) is 8.98. The number of benzene rings is 1. The van der Waals surface area contributed by atoms with Crippen molar-refractivity contribution >= 4 is 28.4 Å². The molecule has 20 heavy (non-hydrogen) atoms. The Morgan fingerprint density at radius 1 is 1.15 bits per heavy atom. The first-order chi connectivity index (χ1) is 9.81. The number of hydrogen-bond acceptors (Lipinski definition) is 4. The molecule has 0 spiro atoms. The van der Waals surface area contributed by atoms with Gasteiger partial charge in [0, 0.05) is 18.1 Å². The van der Waals surface area contributed by atoms with Crippen LogP contribution in [0, 0.1) is 0 Å². The van der Waals surface area contributed by atoms with E-state index in [4.69, 9.17) is 0 Å². The molecular weight excluding hydrogens is 268 g/mol. The van der Waals surface area contributed by atoms with Crippen molar-refractivity contribution in [2.24, 2.45) is 0 Å². The molecule has 1 aromatic carbocycles. The van der Waals surface area contributed by atoms with E-state index < -0.39 is 0 Å². The molecule has 3 nitrogen and oxygen atoms in total. The lowest BCUT2D eigenvalue weighted by molar-refractivity contribution is 0.476. The minimum atomic E-state index is 0.283. The van der Waals surface area contributed by atoms with Gasteiger partial charge in [-0.15, -0.1) is 0 Å². The predicted octanol–water partition coefficient (Wildman–Crippen LogP) is 4.28. The number of hydrogen-bond donors (Lipinski definition) is 2. The monoisotopic (exact) mass is 290 g/mol. The maximum absolute atomic E-state index is 9.59. The number of fused-ring (bicyclic) bond motifs is 1. The highest BCUT2D eigenvalue weighted by Crippen LogP contribution is 2.25. The van der Waals surface area contributed by atoms with Crippen molar-refractivity contribution in [1.29, 1.82) is 0 Å². The van der Waals surface area contributed by atoms with Gasteiger partial charge in [0.05, 0.1) is 0 Å².